The molecule has 1 aromatic rings. The molecule has 1 atom stereocenters. The third kappa shape index (κ3) is 5.04. The number of rotatable bonds is 5. The van der Waals surface area contributed by atoms with Gasteiger partial charge in [0, 0.05) is 19.0 Å². The van der Waals surface area contributed by atoms with E-state index in [2.05, 4.69) is 6.58 Å². The molecule has 1 saturated heterocycles. The fourth-order valence-corrected chi connectivity index (χ4v) is 3.66. The highest BCUT2D eigenvalue weighted by Crippen LogP contribution is 2.30. The van der Waals surface area contributed by atoms with Crippen LogP contribution in [0.1, 0.15) is 39.2 Å². The zero-order chi connectivity index (χ0) is 19.4. The van der Waals surface area contributed by atoms with E-state index in [1.165, 1.54) is 12.1 Å². The second kappa shape index (κ2) is 8.63. The van der Waals surface area contributed by atoms with Crippen LogP contribution in [0.5, 0.6) is 0 Å². The van der Waals surface area contributed by atoms with Crippen molar-refractivity contribution in [2.24, 2.45) is 5.92 Å². The molecule has 1 aliphatic rings. The normalized spacial score (nSPS) is 18.5. The molecule has 140 valence electrons. The van der Waals surface area contributed by atoms with Gasteiger partial charge in [0.1, 0.15) is 11.6 Å². The van der Waals surface area contributed by atoms with Crippen LogP contribution in [0.15, 0.2) is 52.7 Å². The van der Waals surface area contributed by atoms with Gasteiger partial charge in [-0.2, -0.15) is 0 Å². The Hall–Kier alpha value is -1.94. The van der Waals surface area contributed by atoms with Crippen molar-refractivity contribution in [1.29, 1.82) is 0 Å². The first-order chi connectivity index (χ1) is 12.2. The Labute approximate surface area is 158 Å². The van der Waals surface area contributed by atoms with Gasteiger partial charge < -0.3 is 4.90 Å². The molecule has 26 heavy (non-hydrogen) atoms. The van der Waals surface area contributed by atoms with Crippen LogP contribution in [-0.2, 0) is 11.2 Å². The van der Waals surface area contributed by atoms with E-state index in [4.69, 9.17) is 11.6 Å². The average Bonchev–Trinajstić information content (AvgIpc) is 2.52. The Morgan fingerprint density at radius 1 is 1.35 bits per heavy atom. The van der Waals surface area contributed by atoms with Gasteiger partial charge in [0.2, 0.25) is 5.91 Å². The first kappa shape index (κ1) is 20.4. The molecule has 0 spiro atoms. The maximum Gasteiger partial charge on any atom is 0.227 e. The number of carbonyl (C=O) groups is 1. The van der Waals surface area contributed by atoms with Crippen LogP contribution in [-0.4, -0.2) is 17.4 Å². The van der Waals surface area contributed by atoms with Crippen molar-refractivity contribution in [2.75, 3.05) is 6.54 Å². The van der Waals surface area contributed by atoms with Crippen LogP contribution in [0.2, 0.25) is 0 Å². The van der Waals surface area contributed by atoms with Gasteiger partial charge in [-0.15, -0.1) is 0 Å². The lowest BCUT2D eigenvalue weighted by Crippen LogP contribution is -2.40. The topological polar surface area (TPSA) is 20.3 Å². The van der Waals surface area contributed by atoms with Crippen molar-refractivity contribution in [3.05, 3.63) is 69.9 Å². The average molecular weight is 380 g/mol. The van der Waals surface area contributed by atoms with Crippen molar-refractivity contribution >= 4 is 17.5 Å². The van der Waals surface area contributed by atoms with Crippen molar-refractivity contribution in [2.45, 2.75) is 40.0 Å². The zero-order valence-corrected chi connectivity index (χ0v) is 16.2. The van der Waals surface area contributed by atoms with Crippen LogP contribution < -0.4 is 0 Å². The van der Waals surface area contributed by atoms with E-state index >= 15 is 0 Å². The quantitative estimate of drug-likeness (QED) is 0.597. The third-order valence-corrected chi connectivity index (χ3v) is 4.64. The van der Waals surface area contributed by atoms with Crippen LogP contribution in [0, 0.1) is 17.6 Å². The summed E-state index contributed by atoms with van der Waals surface area (Å²) in [7, 11) is 0. The summed E-state index contributed by atoms with van der Waals surface area (Å²) in [6, 6.07) is 3.62. The fraction of sp³-hybridized carbons (Fsp3) is 0.381. The van der Waals surface area contributed by atoms with Crippen molar-refractivity contribution < 1.29 is 13.6 Å². The van der Waals surface area contributed by atoms with Gasteiger partial charge in [0.15, 0.2) is 0 Å². The summed E-state index contributed by atoms with van der Waals surface area (Å²) in [5, 5.41) is 0.472. The van der Waals surface area contributed by atoms with Gasteiger partial charge in [-0.25, -0.2) is 8.78 Å². The standard InChI is InChI=1S/C21H24ClF2NO/c1-13(2)9-18(22)21(14(3)4)25-12-15(5-8-20(25)26)10-16-6-7-17(23)11-19(16)24/h6-7,9,11,15H,3,5,8,10,12H2,1-2,4H3/b21-18-. The molecule has 1 unspecified atom stereocenters. The number of piperidine rings is 1. The molecular formula is C21H24ClF2NO. The number of nitrogens with zero attached hydrogens (tertiary/aromatic N) is 1. The maximum absolute atomic E-state index is 14.0. The Morgan fingerprint density at radius 2 is 2.04 bits per heavy atom. The fourth-order valence-electron chi connectivity index (χ4n) is 3.18. The SMILES string of the molecule is C=C(C)/C(=C(/Cl)C=C(C)C)N1CC(Cc2ccc(F)cc2F)CCC1=O. The van der Waals surface area contributed by atoms with Crippen molar-refractivity contribution in [3.8, 4) is 0 Å². The van der Waals surface area contributed by atoms with Gasteiger partial charge in [-0.05, 0) is 62.8 Å². The summed E-state index contributed by atoms with van der Waals surface area (Å²) >= 11 is 6.43. The molecule has 0 radical (unpaired) electrons. The number of allylic oxidation sites excluding steroid dienone is 4. The van der Waals surface area contributed by atoms with E-state index in [9.17, 15) is 13.6 Å². The summed E-state index contributed by atoms with van der Waals surface area (Å²) in [5.41, 5.74) is 2.79. The second-order valence-corrected chi connectivity index (χ2v) is 7.45. The molecule has 1 fully saturated rings. The molecule has 0 aliphatic carbocycles. The lowest BCUT2D eigenvalue weighted by Gasteiger charge is -2.35. The number of carbonyl (C=O) groups excluding carboxylic acids is 1. The van der Waals surface area contributed by atoms with Crippen molar-refractivity contribution in [3.63, 3.8) is 0 Å². The summed E-state index contributed by atoms with van der Waals surface area (Å²) in [5.74, 6) is -1.09. The summed E-state index contributed by atoms with van der Waals surface area (Å²) in [4.78, 5) is 14.1. The van der Waals surface area contributed by atoms with E-state index in [0.717, 1.165) is 11.6 Å². The molecule has 0 aromatic heterocycles. The Morgan fingerprint density at radius 3 is 2.62 bits per heavy atom. The van der Waals surface area contributed by atoms with E-state index in [1.807, 2.05) is 26.8 Å². The van der Waals surface area contributed by atoms with E-state index in [-0.39, 0.29) is 11.8 Å². The van der Waals surface area contributed by atoms with E-state index in [0.29, 0.717) is 47.7 Å². The largest absolute Gasteiger partial charge is 0.310 e. The molecule has 1 amide bonds. The van der Waals surface area contributed by atoms with E-state index < -0.39 is 11.6 Å². The number of benzene rings is 1. The zero-order valence-electron chi connectivity index (χ0n) is 15.4. The highest BCUT2D eigenvalue weighted by Gasteiger charge is 2.30. The van der Waals surface area contributed by atoms with Gasteiger partial charge in [-0.3, -0.25) is 4.79 Å². The third-order valence-electron chi connectivity index (χ3n) is 4.35. The molecule has 1 aromatic carbocycles. The second-order valence-electron chi connectivity index (χ2n) is 7.05. The first-order valence-corrected chi connectivity index (χ1v) is 9.01. The number of halogens is 3. The van der Waals surface area contributed by atoms with Gasteiger partial charge >= 0.3 is 0 Å². The molecule has 0 N–H and O–H groups in total. The smallest absolute Gasteiger partial charge is 0.227 e. The highest BCUT2D eigenvalue weighted by atomic mass is 35.5. The summed E-state index contributed by atoms with van der Waals surface area (Å²) < 4.78 is 27.1. The van der Waals surface area contributed by atoms with Crippen LogP contribution in [0.3, 0.4) is 0 Å². The number of likely N-dealkylation sites (tertiary alicyclic amines) is 1. The molecule has 5 heteroatoms. The molecule has 2 nitrogen and oxygen atoms in total. The Kier molecular flexibility index (Phi) is 6.76. The highest BCUT2D eigenvalue weighted by molar-refractivity contribution is 6.32. The predicted octanol–water partition coefficient (Wildman–Crippen LogP) is 5.74. The molecule has 1 aliphatic heterocycles. The molecule has 0 saturated carbocycles. The minimum atomic E-state index is -0.590. The lowest BCUT2D eigenvalue weighted by atomic mass is 9.90. The van der Waals surface area contributed by atoms with Gasteiger partial charge in [-0.1, -0.05) is 29.8 Å². The summed E-state index contributed by atoms with van der Waals surface area (Å²) in [6.45, 7) is 10.1. The number of hydrogen-bond donors (Lipinski definition) is 0. The van der Waals surface area contributed by atoms with Crippen LogP contribution in [0.4, 0.5) is 8.78 Å². The minimum absolute atomic E-state index is 0.0147. The number of amides is 1. The van der Waals surface area contributed by atoms with Crippen LogP contribution in [0.25, 0.3) is 0 Å². The predicted molar refractivity (Wildman–Crippen MR) is 102 cm³/mol. The minimum Gasteiger partial charge on any atom is -0.310 e. The molecular weight excluding hydrogens is 356 g/mol. The number of hydrogen-bond acceptors (Lipinski definition) is 1. The Bertz CT molecular complexity index is 778. The van der Waals surface area contributed by atoms with E-state index in [1.54, 1.807) is 4.90 Å². The summed E-state index contributed by atoms with van der Waals surface area (Å²) in [6.07, 6.45) is 3.28. The monoisotopic (exact) mass is 379 g/mol. The Balaban J connectivity index is 2.27. The molecule has 1 heterocycles. The van der Waals surface area contributed by atoms with Gasteiger partial charge in [0.05, 0.1) is 10.7 Å². The lowest BCUT2D eigenvalue weighted by molar-refractivity contribution is -0.132. The maximum atomic E-state index is 14.0. The van der Waals surface area contributed by atoms with Crippen LogP contribution >= 0.6 is 11.6 Å². The van der Waals surface area contributed by atoms with Crippen molar-refractivity contribution in [1.82, 2.24) is 4.90 Å². The molecule has 0 bridgehead atoms. The molecule has 2 rings (SSSR count). The van der Waals surface area contributed by atoms with Gasteiger partial charge in [0.25, 0.3) is 0 Å². The first-order valence-electron chi connectivity index (χ1n) is 8.64.